The van der Waals surface area contributed by atoms with E-state index in [1.807, 2.05) is 18.2 Å². The molecule has 110 valence electrons. The van der Waals surface area contributed by atoms with Crippen molar-refractivity contribution in [3.05, 3.63) is 50.7 Å². The van der Waals surface area contributed by atoms with Gasteiger partial charge in [-0.2, -0.15) is 0 Å². The normalized spacial score (nSPS) is 10.2. The van der Waals surface area contributed by atoms with Crippen LogP contribution in [0.2, 0.25) is 0 Å². The summed E-state index contributed by atoms with van der Waals surface area (Å²) in [7, 11) is 1.60. The lowest BCUT2D eigenvalue weighted by Crippen LogP contribution is -2.16. The van der Waals surface area contributed by atoms with Gasteiger partial charge in [0, 0.05) is 11.8 Å². The number of nitrogen functional groups attached to an aromatic ring is 1. The van der Waals surface area contributed by atoms with Gasteiger partial charge in [-0.3, -0.25) is 10.4 Å². The maximum Gasteiger partial charge on any atom is 0.142 e. The zero-order chi connectivity index (χ0) is 15.4. The summed E-state index contributed by atoms with van der Waals surface area (Å²) in [5, 5.41) is 7.52. The molecule has 1 heterocycles. The molecule has 2 rings (SSSR count). The van der Waals surface area contributed by atoms with Crippen LogP contribution in [0.5, 0.6) is 11.5 Å². The summed E-state index contributed by atoms with van der Waals surface area (Å²) in [6.45, 7) is 0.264. The van der Waals surface area contributed by atoms with Crippen molar-refractivity contribution < 1.29 is 9.47 Å². The molecule has 0 aliphatic rings. The van der Waals surface area contributed by atoms with Gasteiger partial charge >= 0.3 is 0 Å². The van der Waals surface area contributed by atoms with E-state index in [1.54, 1.807) is 19.4 Å². The molecule has 0 spiro atoms. The standard InChI is InChI=1S/C14H13Br2N3O2/c1-20-11-5-10(16)12(6-9(11)15)21-7-8-3-2-4-19-13(8)14(17)18/h2-6H,7H2,1H3,(H3,17,18). The molecule has 0 aliphatic heterocycles. The third-order valence-electron chi connectivity index (χ3n) is 2.74. The van der Waals surface area contributed by atoms with Gasteiger partial charge in [0.05, 0.1) is 16.1 Å². The Morgan fingerprint density at radius 2 is 1.95 bits per heavy atom. The first-order valence-electron chi connectivity index (χ1n) is 5.97. The summed E-state index contributed by atoms with van der Waals surface area (Å²) in [5.74, 6) is 1.28. The van der Waals surface area contributed by atoms with Crippen molar-refractivity contribution in [2.75, 3.05) is 7.11 Å². The van der Waals surface area contributed by atoms with E-state index < -0.39 is 0 Å². The second-order valence-corrected chi connectivity index (χ2v) is 5.84. The Labute approximate surface area is 139 Å². The quantitative estimate of drug-likeness (QED) is 0.579. The predicted octanol–water partition coefficient (Wildman–Crippen LogP) is 3.48. The smallest absolute Gasteiger partial charge is 0.142 e. The second-order valence-electron chi connectivity index (χ2n) is 4.13. The van der Waals surface area contributed by atoms with Gasteiger partial charge in [0.15, 0.2) is 0 Å². The average molecular weight is 415 g/mol. The van der Waals surface area contributed by atoms with Gasteiger partial charge in [-0.05, 0) is 50.1 Å². The van der Waals surface area contributed by atoms with Crippen molar-refractivity contribution in [2.45, 2.75) is 6.61 Å². The fourth-order valence-corrected chi connectivity index (χ4v) is 2.65. The Bertz CT molecular complexity index is 677. The SMILES string of the molecule is COc1cc(Br)c(OCc2cccnc2C(=N)N)cc1Br. The summed E-state index contributed by atoms with van der Waals surface area (Å²) in [6.07, 6.45) is 1.60. The third-order valence-corrected chi connectivity index (χ3v) is 3.98. The highest BCUT2D eigenvalue weighted by atomic mass is 79.9. The van der Waals surface area contributed by atoms with Crippen LogP contribution >= 0.6 is 31.9 Å². The van der Waals surface area contributed by atoms with E-state index in [0.29, 0.717) is 17.2 Å². The molecule has 0 saturated carbocycles. The van der Waals surface area contributed by atoms with Crippen LogP contribution in [0.15, 0.2) is 39.4 Å². The number of nitrogens with one attached hydrogen (secondary N) is 1. The number of amidine groups is 1. The number of pyridine rings is 1. The van der Waals surface area contributed by atoms with Crippen LogP contribution < -0.4 is 15.2 Å². The number of ether oxygens (including phenoxy) is 2. The van der Waals surface area contributed by atoms with Crippen LogP contribution in [0.25, 0.3) is 0 Å². The van der Waals surface area contributed by atoms with Crippen LogP contribution in [-0.2, 0) is 6.61 Å². The first-order chi connectivity index (χ1) is 10.0. The number of hydrogen-bond acceptors (Lipinski definition) is 4. The lowest BCUT2D eigenvalue weighted by atomic mass is 10.2. The van der Waals surface area contributed by atoms with Gasteiger partial charge in [0.1, 0.15) is 29.6 Å². The highest BCUT2D eigenvalue weighted by Crippen LogP contribution is 2.36. The van der Waals surface area contributed by atoms with Gasteiger partial charge in [0.2, 0.25) is 0 Å². The molecule has 7 heteroatoms. The molecule has 0 atom stereocenters. The van der Waals surface area contributed by atoms with E-state index in [1.165, 1.54) is 0 Å². The summed E-state index contributed by atoms with van der Waals surface area (Å²) in [5.41, 5.74) is 6.69. The molecule has 0 bridgehead atoms. The van der Waals surface area contributed by atoms with E-state index in [9.17, 15) is 0 Å². The highest BCUT2D eigenvalue weighted by Gasteiger charge is 2.11. The minimum absolute atomic E-state index is 0.0795. The topological polar surface area (TPSA) is 81.2 Å². The van der Waals surface area contributed by atoms with Crippen LogP contribution in [0.4, 0.5) is 0 Å². The number of benzene rings is 1. The zero-order valence-electron chi connectivity index (χ0n) is 11.2. The van der Waals surface area contributed by atoms with E-state index >= 15 is 0 Å². The van der Waals surface area contributed by atoms with Crippen LogP contribution in [-0.4, -0.2) is 17.9 Å². The number of nitrogens with zero attached hydrogens (tertiary/aromatic N) is 1. The molecule has 1 aromatic heterocycles. The molecular weight excluding hydrogens is 402 g/mol. The van der Waals surface area contributed by atoms with Crippen molar-refractivity contribution in [1.82, 2.24) is 4.98 Å². The Balaban J connectivity index is 2.21. The molecule has 1 aromatic carbocycles. The summed E-state index contributed by atoms with van der Waals surface area (Å²) >= 11 is 6.85. The van der Waals surface area contributed by atoms with Gasteiger partial charge in [0.25, 0.3) is 0 Å². The zero-order valence-corrected chi connectivity index (χ0v) is 14.4. The minimum Gasteiger partial charge on any atom is -0.496 e. The van der Waals surface area contributed by atoms with E-state index in [0.717, 1.165) is 14.5 Å². The van der Waals surface area contributed by atoms with E-state index in [-0.39, 0.29) is 12.4 Å². The monoisotopic (exact) mass is 413 g/mol. The molecule has 0 unspecified atom stereocenters. The van der Waals surface area contributed by atoms with Gasteiger partial charge in [-0.25, -0.2) is 0 Å². The van der Waals surface area contributed by atoms with Gasteiger partial charge in [-0.15, -0.1) is 0 Å². The number of nitrogens with two attached hydrogens (primary N) is 1. The molecule has 0 amide bonds. The first kappa shape index (κ1) is 15.8. The van der Waals surface area contributed by atoms with Crippen molar-refractivity contribution >= 4 is 37.7 Å². The van der Waals surface area contributed by atoms with Crippen LogP contribution in [0.3, 0.4) is 0 Å². The van der Waals surface area contributed by atoms with Gasteiger partial charge in [-0.1, -0.05) is 6.07 Å². The highest BCUT2D eigenvalue weighted by molar-refractivity contribution is 9.11. The number of aromatic nitrogens is 1. The minimum atomic E-state index is -0.0795. The second kappa shape index (κ2) is 6.91. The third kappa shape index (κ3) is 3.74. The Morgan fingerprint density at radius 1 is 1.29 bits per heavy atom. The number of halogens is 2. The Hall–Kier alpha value is -1.60. The van der Waals surface area contributed by atoms with Gasteiger partial charge < -0.3 is 15.2 Å². The maximum atomic E-state index is 7.52. The Kier molecular flexibility index (Phi) is 5.19. The molecule has 5 nitrogen and oxygen atoms in total. The van der Waals surface area contributed by atoms with Crippen molar-refractivity contribution in [2.24, 2.45) is 5.73 Å². The number of methoxy groups -OCH3 is 1. The number of rotatable bonds is 5. The largest absolute Gasteiger partial charge is 0.496 e. The van der Waals surface area contributed by atoms with Crippen molar-refractivity contribution in [3.63, 3.8) is 0 Å². The lowest BCUT2D eigenvalue weighted by Gasteiger charge is -2.12. The number of hydrogen-bond donors (Lipinski definition) is 2. The molecule has 0 saturated heterocycles. The molecule has 2 aromatic rings. The average Bonchev–Trinajstić information content (AvgIpc) is 2.47. The molecule has 0 radical (unpaired) electrons. The molecular formula is C14H13Br2N3O2. The maximum absolute atomic E-state index is 7.52. The summed E-state index contributed by atoms with van der Waals surface area (Å²) in [6, 6.07) is 7.24. The summed E-state index contributed by atoms with van der Waals surface area (Å²) in [4.78, 5) is 4.09. The molecule has 0 aliphatic carbocycles. The molecule has 3 N–H and O–H groups in total. The predicted molar refractivity (Wildman–Crippen MR) is 88.0 cm³/mol. The lowest BCUT2D eigenvalue weighted by molar-refractivity contribution is 0.302. The summed E-state index contributed by atoms with van der Waals surface area (Å²) < 4.78 is 12.5. The van der Waals surface area contributed by atoms with Crippen molar-refractivity contribution in [3.8, 4) is 11.5 Å². The molecule has 21 heavy (non-hydrogen) atoms. The fourth-order valence-electron chi connectivity index (χ4n) is 1.73. The Morgan fingerprint density at radius 3 is 2.62 bits per heavy atom. The van der Waals surface area contributed by atoms with E-state index in [4.69, 9.17) is 20.6 Å². The van der Waals surface area contributed by atoms with Crippen molar-refractivity contribution in [1.29, 1.82) is 5.41 Å². The van der Waals surface area contributed by atoms with E-state index in [2.05, 4.69) is 36.8 Å². The van der Waals surface area contributed by atoms with Crippen LogP contribution in [0.1, 0.15) is 11.3 Å². The first-order valence-corrected chi connectivity index (χ1v) is 7.55. The van der Waals surface area contributed by atoms with Crippen LogP contribution in [0, 0.1) is 5.41 Å². The fraction of sp³-hybridized carbons (Fsp3) is 0.143. The molecule has 0 fully saturated rings.